The Balaban J connectivity index is 1.89. The molecule has 116 valence electrons. The Morgan fingerprint density at radius 3 is 2.00 bits per heavy atom. The number of allylic oxidation sites excluding steroid dienone is 2. The SMILES string of the molecule is CC1(C(=O)OP(c2ccccc2)c2ccccc2)C=CC=CN1. The molecule has 1 atom stereocenters. The minimum absolute atomic E-state index is 0.281. The molecule has 1 aliphatic heterocycles. The van der Waals surface area contributed by atoms with E-state index in [9.17, 15) is 4.79 Å². The van der Waals surface area contributed by atoms with Crippen LogP contribution in [0.15, 0.2) is 85.1 Å². The summed E-state index contributed by atoms with van der Waals surface area (Å²) in [6.07, 6.45) is 7.28. The van der Waals surface area contributed by atoms with Crippen LogP contribution in [0.2, 0.25) is 0 Å². The highest BCUT2D eigenvalue weighted by atomic mass is 31.1. The zero-order chi connectivity index (χ0) is 16.1. The van der Waals surface area contributed by atoms with Gasteiger partial charge < -0.3 is 9.84 Å². The molecule has 2 aromatic carbocycles. The van der Waals surface area contributed by atoms with Gasteiger partial charge in [-0.2, -0.15) is 0 Å². The van der Waals surface area contributed by atoms with Gasteiger partial charge in [0.05, 0.1) is 0 Å². The fourth-order valence-electron chi connectivity index (χ4n) is 2.26. The normalized spacial score (nSPS) is 19.4. The monoisotopic (exact) mass is 323 g/mol. The zero-order valence-corrected chi connectivity index (χ0v) is 13.7. The van der Waals surface area contributed by atoms with Crippen LogP contribution < -0.4 is 15.9 Å². The third kappa shape index (κ3) is 3.52. The van der Waals surface area contributed by atoms with Crippen LogP contribution in [0.3, 0.4) is 0 Å². The summed E-state index contributed by atoms with van der Waals surface area (Å²) in [5, 5.41) is 5.10. The van der Waals surface area contributed by atoms with E-state index in [0.717, 1.165) is 10.6 Å². The molecule has 3 nitrogen and oxygen atoms in total. The van der Waals surface area contributed by atoms with Crippen molar-refractivity contribution in [3.8, 4) is 0 Å². The van der Waals surface area contributed by atoms with Gasteiger partial charge in [-0.3, -0.25) is 0 Å². The van der Waals surface area contributed by atoms with Gasteiger partial charge in [-0.25, -0.2) is 4.79 Å². The van der Waals surface area contributed by atoms with E-state index in [2.05, 4.69) is 5.32 Å². The smallest absolute Gasteiger partial charge is 0.338 e. The largest absolute Gasteiger partial charge is 0.433 e. The van der Waals surface area contributed by atoms with Crippen molar-refractivity contribution in [1.82, 2.24) is 5.32 Å². The van der Waals surface area contributed by atoms with Crippen molar-refractivity contribution in [3.63, 3.8) is 0 Å². The molecule has 0 radical (unpaired) electrons. The van der Waals surface area contributed by atoms with Crippen molar-refractivity contribution >= 4 is 24.7 Å². The van der Waals surface area contributed by atoms with E-state index >= 15 is 0 Å². The van der Waals surface area contributed by atoms with E-state index in [-0.39, 0.29) is 5.97 Å². The van der Waals surface area contributed by atoms with E-state index in [1.807, 2.05) is 85.8 Å². The van der Waals surface area contributed by atoms with Gasteiger partial charge in [0.1, 0.15) is 0 Å². The number of rotatable bonds is 4. The number of hydrogen-bond donors (Lipinski definition) is 1. The van der Waals surface area contributed by atoms with Gasteiger partial charge in [-0.1, -0.05) is 66.7 Å². The highest BCUT2D eigenvalue weighted by Gasteiger charge is 2.34. The third-order valence-corrected chi connectivity index (χ3v) is 5.48. The molecule has 2 aromatic rings. The summed E-state index contributed by atoms with van der Waals surface area (Å²) < 4.78 is 5.94. The standard InChI is InChI=1S/C19H18NO2P/c1-19(14-8-9-15-20-19)18(21)22-23(16-10-4-2-5-11-16)17-12-6-3-7-13-17/h2-15,20H,1H3. The minimum Gasteiger partial charge on any atom is -0.433 e. The van der Waals surface area contributed by atoms with Crippen LogP contribution in [0.25, 0.3) is 0 Å². The zero-order valence-electron chi connectivity index (χ0n) is 12.8. The molecule has 1 aliphatic rings. The van der Waals surface area contributed by atoms with Crippen molar-refractivity contribution in [2.75, 3.05) is 0 Å². The van der Waals surface area contributed by atoms with Crippen LogP contribution in [0.1, 0.15) is 6.92 Å². The molecular weight excluding hydrogens is 305 g/mol. The summed E-state index contributed by atoms with van der Waals surface area (Å²) in [4.78, 5) is 12.7. The number of nitrogens with one attached hydrogen (secondary N) is 1. The van der Waals surface area contributed by atoms with Crippen LogP contribution in [0, 0.1) is 0 Å². The van der Waals surface area contributed by atoms with Crippen LogP contribution in [0.4, 0.5) is 0 Å². The summed E-state index contributed by atoms with van der Waals surface area (Å²) in [5.41, 5.74) is -0.834. The van der Waals surface area contributed by atoms with Gasteiger partial charge in [-0.15, -0.1) is 0 Å². The Morgan fingerprint density at radius 2 is 1.52 bits per heavy atom. The van der Waals surface area contributed by atoms with E-state index < -0.39 is 13.7 Å². The first kappa shape index (κ1) is 15.5. The van der Waals surface area contributed by atoms with Crippen LogP contribution in [0.5, 0.6) is 0 Å². The van der Waals surface area contributed by atoms with Crippen LogP contribution >= 0.6 is 8.15 Å². The van der Waals surface area contributed by atoms with Crippen LogP contribution in [-0.4, -0.2) is 11.5 Å². The van der Waals surface area contributed by atoms with Gasteiger partial charge in [0, 0.05) is 10.6 Å². The molecule has 0 spiro atoms. The molecule has 1 unspecified atom stereocenters. The predicted octanol–water partition coefficient (Wildman–Crippen LogP) is 3.01. The Labute approximate surface area is 137 Å². The Morgan fingerprint density at radius 1 is 0.957 bits per heavy atom. The fourth-order valence-corrected chi connectivity index (χ4v) is 4.01. The quantitative estimate of drug-likeness (QED) is 0.879. The van der Waals surface area contributed by atoms with Gasteiger partial charge >= 0.3 is 5.97 Å². The number of dihydropyridines is 1. The first-order valence-corrected chi connectivity index (χ1v) is 8.70. The number of carbonyl (C=O) groups excluding carboxylic acids is 1. The molecule has 0 bridgehead atoms. The second kappa shape index (κ2) is 6.80. The lowest BCUT2D eigenvalue weighted by Gasteiger charge is -2.28. The Hall–Kier alpha value is -2.38. The maximum absolute atomic E-state index is 12.7. The van der Waals surface area contributed by atoms with Crippen molar-refractivity contribution in [2.24, 2.45) is 0 Å². The van der Waals surface area contributed by atoms with E-state index in [0.29, 0.717) is 0 Å². The molecule has 0 aromatic heterocycles. The lowest BCUT2D eigenvalue weighted by Crippen LogP contribution is -2.47. The van der Waals surface area contributed by atoms with Gasteiger partial charge in [0.15, 0.2) is 13.7 Å². The molecule has 1 N–H and O–H groups in total. The highest BCUT2D eigenvalue weighted by molar-refractivity contribution is 7.69. The molecule has 0 amide bonds. The van der Waals surface area contributed by atoms with E-state index in [1.165, 1.54) is 0 Å². The molecular formula is C19H18NO2P. The van der Waals surface area contributed by atoms with Crippen molar-refractivity contribution in [2.45, 2.75) is 12.5 Å². The van der Waals surface area contributed by atoms with Crippen LogP contribution in [-0.2, 0) is 9.32 Å². The first-order valence-electron chi connectivity index (χ1n) is 7.44. The molecule has 0 saturated heterocycles. The molecule has 3 rings (SSSR count). The van der Waals surface area contributed by atoms with Gasteiger partial charge in [-0.05, 0) is 25.3 Å². The summed E-state index contributed by atoms with van der Waals surface area (Å²) in [5.74, 6) is -0.281. The number of hydrogen-bond acceptors (Lipinski definition) is 3. The predicted molar refractivity (Wildman–Crippen MR) is 95.0 cm³/mol. The molecule has 0 aliphatic carbocycles. The van der Waals surface area contributed by atoms with E-state index in [4.69, 9.17) is 4.52 Å². The average Bonchev–Trinajstić information content (AvgIpc) is 2.61. The lowest BCUT2D eigenvalue weighted by atomic mass is 10.0. The minimum atomic E-state index is -1.19. The molecule has 0 saturated carbocycles. The summed E-state index contributed by atoms with van der Waals surface area (Å²) in [6.45, 7) is 1.82. The maximum atomic E-state index is 12.7. The lowest BCUT2D eigenvalue weighted by molar-refractivity contribution is -0.138. The molecule has 0 fully saturated rings. The van der Waals surface area contributed by atoms with Gasteiger partial charge in [0.2, 0.25) is 0 Å². The molecule has 23 heavy (non-hydrogen) atoms. The first-order chi connectivity index (χ1) is 11.2. The fraction of sp³-hybridized carbons (Fsp3) is 0.105. The summed E-state index contributed by atoms with van der Waals surface area (Å²) in [7, 11) is -1.19. The second-order valence-electron chi connectivity index (χ2n) is 5.41. The van der Waals surface area contributed by atoms with Crippen molar-refractivity contribution < 1.29 is 9.32 Å². The van der Waals surface area contributed by atoms with Gasteiger partial charge in [0.25, 0.3) is 0 Å². The highest BCUT2D eigenvalue weighted by Crippen LogP contribution is 2.36. The second-order valence-corrected chi connectivity index (χ2v) is 7.21. The number of benzene rings is 2. The average molecular weight is 323 g/mol. The maximum Gasteiger partial charge on any atom is 0.338 e. The van der Waals surface area contributed by atoms with Crippen molar-refractivity contribution in [1.29, 1.82) is 0 Å². The summed E-state index contributed by atoms with van der Waals surface area (Å²) in [6, 6.07) is 19.8. The molecule has 4 heteroatoms. The van der Waals surface area contributed by atoms with Crippen molar-refractivity contribution in [3.05, 3.63) is 85.1 Å². The third-order valence-electron chi connectivity index (χ3n) is 3.60. The Kier molecular flexibility index (Phi) is 4.59. The number of carbonyl (C=O) groups is 1. The summed E-state index contributed by atoms with van der Waals surface area (Å²) >= 11 is 0. The molecule has 1 heterocycles. The topological polar surface area (TPSA) is 38.3 Å². The van der Waals surface area contributed by atoms with E-state index in [1.54, 1.807) is 6.20 Å². The Bertz CT molecular complexity index is 688.